The summed E-state index contributed by atoms with van der Waals surface area (Å²) < 4.78 is 0. The second kappa shape index (κ2) is 8.61. The van der Waals surface area contributed by atoms with Crippen molar-refractivity contribution >= 4 is 26.1 Å². The molecule has 5 rings (SSSR count). The van der Waals surface area contributed by atoms with Crippen molar-refractivity contribution in [2.75, 3.05) is 0 Å². The zero-order chi connectivity index (χ0) is 23.3. The van der Waals surface area contributed by atoms with Crippen molar-refractivity contribution in [3.63, 3.8) is 0 Å². The lowest BCUT2D eigenvalue weighted by Gasteiger charge is -2.33. The number of hydrogen-bond acceptors (Lipinski definition) is 0. The molecule has 0 aliphatic heterocycles. The van der Waals surface area contributed by atoms with E-state index in [1.54, 1.807) is 27.5 Å². The van der Waals surface area contributed by atoms with E-state index in [0.717, 1.165) is 0 Å². The molecule has 0 saturated carbocycles. The number of hydrogen-bond donors (Lipinski definition) is 0. The van der Waals surface area contributed by atoms with E-state index in [-0.39, 0.29) is 0 Å². The van der Waals surface area contributed by atoms with Gasteiger partial charge in [0.25, 0.3) is 0 Å². The third-order valence-corrected chi connectivity index (χ3v) is 12.3. The Labute approximate surface area is 201 Å². The lowest BCUT2D eigenvalue weighted by Crippen LogP contribution is -2.43. The summed E-state index contributed by atoms with van der Waals surface area (Å²) in [4.78, 5) is 0. The minimum Gasteiger partial charge on any atom is -0.0678 e. The van der Waals surface area contributed by atoms with Crippen LogP contribution in [0.3, 0.4) is 0 Å². The Morgan fingerprint density at radius 2 is 1.03 bits per heavy atom. The van der Waals surface area contributed by atoms with Gasteiger partial charge < -0.3 is 0 Å². The standard InChI is InChI=1S/C32H36Si/c1-20(2)25-14-10-16-27-29(25)18-22(5)31(27)33(24-12-8-7-9-13-24)32-23(6)19-30-26(21(3)4)15-11-17-28(30)32/h7-21,31-33H,1-6H3. The average molecular weight is 449 g/mol. The summed E-state index contributed by atoms with van der Waals surface area (Å²) in [6, 6.07) is 25.6. The largest absolute Gasteiger partial charge is 0.0944 e. The van der Waals surface area contributed by atoms with Gasteiger partial charge in [0.15, 0.2) is 0 Å². The molecule has 3 aromatic rings. The molecule has 2 unspecified atom stereocenters. The van der Waals surface area contributed by atoms with Crippen LogP contribution in [0.1, 0.15) is 97.8 Å². The fraction of sp³-hybridized carbons (Fsp3) is 0.312. The van der Waals surface area contributed by atoms with Gasteiger partial charge in [-0.1, -0.05) is 123 Å². The summed E-state index contributed by atoms with van der Waals surface area (Å²) in [5.41, 5.74) is 13.3. The summed E-state index contributed by atoms with van der Waals surface area (Å²) in [6.45, 7) is 14.1. The van der Waals surface area contributed by atoms with E-state index in [1.807, 2.05) is 0 Å². The monoisotopic (exact) mass is 448 g/mol. The van der Waals surface area contributed by atoms with Gasteiger partial charge in [0.05, 0.1) is 8.80 Å². The minimum absolute atomic E-state index is 0.531. The molecule has 0 spiro atoms. The van der Waals surface area contributed by atoms with E-state index < -0.39 is 8.80 Å². The maximum atomic E-state index is 2.51. The van der Waals surface area contributed by atoms with Crippen LogP contribution in [0.5, 0.6) is 0 Å². The summed E-state index contributed by atoms with van der Waals surface area (Å²) in [5, 5.41) is 1.58. The van der Waals surface area contributed by atoms with Crippen molar-refractivity contribution in [3.8, 4) is 0 Å². The quantitative estimate of drug-likeness (QED) is 0.349. The maximum Gasteiger partial charge on any atom is 0.0944 e. The average Bonchev–Trinajstić information content (AvgIpc) is 3.31. The van der Waals surface area contributed by atoms with Gasteiger partial charge in [0.2, 0.25) is 0 Å². The summed E-state index contributed by atoms with van der Waals surface area (Å²) in [7, 11) is -1.53. The fourth-order valence-electron chi connectivity index (χ4n) is 6.42. The Kier molecular flexibility index (Phi) is 5.78. The van der Waals surface area contributed by atoms with Gasteiger partial charge in [-0.05, 0) is 59.1 Å². The molecule has 0 nitrogen and oxygen atoms in total. The first-order valence-corrected chi connectivity index (χ1v) is 14.5. The van der Waals surface area contributed by atoms with Crippen molar-refractivity contribution in [2.24, 2.45) is 0 Å². The smallest absolute Gasteiger partial charge is 0.0678 e. The summed E-state index contributed by atoms with van der Waals surface area (Å²) in [5.74, 6) is 1.09. The predicted octanol–water partition coefficient (Wildman–Crippen LogP) is 7.85. The molecule has 2 aliphatic carbocycles. The molecule has 168 valence electrons. The highest BCUT2D eigenvalue weighted by Gasteiger charge is 2.42. The van der Waals surface area contributed by atoms with Crippen LogP contribution in [0.4, 0.5) is 0 Å². The van der Waals surface area contributed by atoms with Crippen molar-refractivity contribution in [1.29, 1.82) is 0 Å². The topological polar surface area (TPSA) is 0 Å². The van der Waals surface area contributed by atoms with Gasteiger partial charge >= 0.3 is 0 Å². The lowest BCUT2D eigenvalue weighted by molar-refractivity contribution is 0.859. The lowest BCUT2D eigenvalue weighted by atomic mass is 9.95. The molecule has 0 N–H and O–H groups in total. The first kappa shape index (κ1) is 22.2. The van der Waals surface area contributed by atoms with Gasteiger partial charge in [0, 0.05) is 11.1 Å². The highest BCUT2D eigenvalue weighted by Crippen LogP contribution is 2.48. The third kappa shape index (κ3) is 3.67. The van der Waals surface area contributed by atoms with E-state index in [9.17, 15) is 0 Å². The molecule has 0 radical (unpaired) electrons. The summed E-state index contributed by atoms with van der Waals surface area (Å²) in [6.07, 6.45) is 5.02. The van der Waals surface area contributed by atoms with Crippen molar-refractivity contribution < 1.29 is 0 Å². The van der Waals surface area contributed by atoms with Gasteiger partial charge in [-0.2, -0.15) is 0 Å². The molecule has 0 heterocycles. The van der Waals surface area contributed by atoms with E-state index in [1.165, 1.54) is 22.3 Å². The highest BCUT2D eigenvalue weighted by atomic mass is 28.3. The molecule has 0 fully saturated rings. The molecule has 0 saturated heterocycles. The first-order chi connectivity index (χ1) is 15.9. The Morgan fingerprint density at radius 3 is 1.45 bits per heavy atom. The molecule has 2 aliphatic rings. The van der Waals surface area contributed by atoms with Crippen LogP contribution in [0.25, 0.3) is 12.2 Å². The van der Waals surface area contributed by atoms with Crippen molar-refractivity contribution in [3.05, 3.63) is 111 Å². The van der Waals surface area contributed by atoms with Crippen molar-refractivity contribution in [2.45, 2.75) is 64.5 Å². The highest BCUT2D eigenvalue weighted by molar-refractivity contribution is 6.77. The third-order valence-electron chi connectivity index (χ3n) is 7.89. The normalized spacial score (nSPS) is 20.0. The molecule has 0 aromatic heterocycles. The van der Waals surface area contributed by atoms with E-state index in [0.29, 0.717) is 22.9 Å². The minimum atomic E-state index is -1.53. The van der Waals surface area contributed by atoms with Crippen LogP contribution in [0.2, 0.25) is 0 Å². The molecular weight excluding hydrogens is 412 g/mol. The Balaban J connectivity index is 1.71. The zero-order valence-corrected chi connectivity index (χ0v) is 22.0. The van der Waals surface area contributed by atoms with Gasteiger partial charge in [-0.3, -0.25) is 0 Å². The van der Waals surface area contributed by atoms with Crippen LogP contribution in [-0.4, -0.2) is 8.80 Å². The van der Waals surface area contributed by atoms with Gasteiger partial charge in [-0.25, -0.2) is 0 Å². The van der Waals surface area contributed by atoms with Crippen LogP contribution in [0, 0.1) is 0 Å². The zero-order valence-electron chi connectivity index (χ0n) is 20.9. The van der Waals surface area contributed by atoms with E-state index >= 15 is 0 Å². The fourth-order valence-corrected chi connectivity index (χ4v) is 10.9. The maximum absolute atomic E-state index is 2.51. The number of fused-ring (bicyclic) bond motifs is 2. The van der Waals surface area contributed by atoms with E-state index in [2.05, 4.69) is 120 Å². The number of benzene rings is 3. The summed E-state index contributed by atoms with van der Waals surface area (Å²) >= 11 is 0. The van der Waals surface area contributed by atoms with Crippen molar-refractivity contribution in [1.82, 2.24) is 0 Å². The molecule has 1 heteroatoms. The second-order valence-electron chi connectivity index (χ2n) is 10.7. The molecule has 0 amide bonds. The number of allylic oxidation sites excluding steroid dienone is 2. The Morgan fingerprint density at radius 1 is 0.576 bits per heavy atom. The first-order valence-electron chi connectivity index (χ1n) is 12.6. The Hall–Kier alpha value is -2.64. The van der Waals surface area contributed by atoms with Crippen LogP contribution < -0.4 is 5.19 Å². The van der Waals surface area contributed by atoms with Crippen LogP contribution >= 0.6 is 0 Å². The number of rotatable bonds is 5. The Bertz CT molecular complexity index is 1160. The molecule has 0 bridgehead atoms. The molecule has 2 atom stereocenters. The SMILES string of the molecule is CC1=Cc2c(C(C)C)cccc2C1[SiH](c1ccccc1)C1C(C)=Cc2c(C(C)C)cccc21. The molecule has 33 heavy (non-hydrogen) atoms. The van der Waals surface area contributed by atoms with E-state index in [4.69, 9.17) is 0 Å². The second-order valence-corrected chi connectivity index (χ2v) is 13.7. The molecule has 3 aromatic carbocycles. The van der Waals surface area contributed by atoms with Crippen LogP contribution in [-0.2, 0) is 0 Å². The van der Waals surface area contributed by atoms with Gasteiger partial charge in [-0.15, -0.1) is 0 Å². The molecular formula is C32H36Si. The predicted molar refractivity (Wildman–Crippen MR) is 147 cm³/mol. The van der Waals surface area contributed by atoms with Gasteiger partial charge in [0.1, 0.15) is 0 Å². The van der Waals surface area contributed by atoms with Crippen LogP contribution in [0.15, 0.2) is 77.9 Å².